The molecular formula is C12H15N3O2. The molecule has 0 aliphatic rings. The molecule has 5 heteroatoms. The highest BCUT2D eigenvalue weighted by Crippen LogP contribution is 2.14. The fourth-order valence-electron chi connectivity index (χ4n) is 1.29. The van der Waals surface area contributed by atoms with Gasteiger partial charge in [-0.2, -0.15) is 5.26 Å². The average Bonchev–Trinajstić information content (AvgIpc) is 2.35. The van der Waals surface area contributed by atoms with Gasteiger partial charge in [-0.05, 0) is 18.1 Å². The standard InChI is InChI=1S/C12H15N3O2/c1-8(2)10(7-13)15-11(16)9-5-4-6-14-12(9)17-3/h4-6,8,10H,1-3H3,(H,15,16). The Balaban J connectivity index is 2.87. The van der Waals surface area contributed by atoms with Gasteiger partial charge in [-0.25, -0.2) is 4.98 Å². The number of methoxy groups -OCH3 is 1. The van der Waals surface area contributed by atoms with E-state index in [1.165, 1.54) is 7.11 Å². The number of hydrogen-bond acceptors (Lipinski definition) is 4. The summed E-state index contributed by atoms with van der Waals surface area (Å²) in [5.41, 5.74) is 0.330. The minimum Gasteiger partial charge on any atom is -0.480 e. The first-order chi connectivity index (χ1) is 8.10. The maximum Gasteiger partial charge on any atom is 0.257 e. The lowest BCUT2D eigenvalue weighted by molar-refractivity contribution is 0.0934. The molecule has 0 radical (unpaired) electrons. The third-order valence-electron chi connectivity index (χ3n) is 2.30. The zero-order valence-corrected chi connectivity index (χ0v) is 10.1. The highest BCUT2D eigenvalue weighted by atomic mass is 16.5. The molecule has 5 nitrogen and oxygen atoms in total. The van der Waals surface area contributed by atoms with Gasteiger partial charge in [0.2, 0.25) is 5.88 Å². The molecule has 1 aromatic rings. The molecular weight excluding hydrogens is 218 g/mol. The quantitative estimate of drug-likeness (QED) is 0.852. The summed E-state index contributed by atoms with van der Waals surface area (Å²) in [6, 6.07) is 4.78. The van der Waals surface area contributed by atoms with Gasteiger partial charge in [-0.1, -0.05) is 13.8 Å². The fourth-order valence-corrected chi connectivity index (χ4v) is 1.29. The second-order valence-corrected chi connectivity index (χ2v) is 3.88. The van der Waals surface area contributed by atoms with E-state index in [0.717, 1.165) is 0 Å². The Bertz CT molecular complexity index is 438. The molecule has 0 spiro atoms. The molecule has 0 saturated heterocycles. The van der Waals surface area contributed by atoms with Crippen molar-refractivity contribution in [3.8, 4) is 11.9 Å². The Morgan fingerprint density at radius 1 is 1.59 bits per heavy atom. The zero-order valence-electron chi connectivity index (χ0n) is 10.1. The minimum atomic E-state index is -0.521. The fraction of sp³-hybridized carbons (Fsp3) is 0.417. The Morgan fingerprint density at radius 2 is 2.29 bits per heavy atom. The summed E-state index contributed by atoms with van der Waals surface area (Å²) >= 11 is 0. The molecule has 17 heavy (non-hydrogen) atoms. The molecule has 90 valence electrons. The molecule has 0 fully saturated rings. The molecule has 1 amide bonds. The minimum absolute atomic E-state index is 0.0478. The summed E-state index contributed by atoms with van der Waals surface area (Å²) in [6.45, 7) is 3.74. The normalized spacial score (nSPS) is 11.7. The van der Waals surface area contributed by atoms with Crippen molar-refractivity contribution in [3.05, 3.63) is 23.9 Å². The summed E-state index contributed by atoms with van der Waals surface area (Å²) in [6.07, 6.45) is 1.54. The number of rotatable bonds is 4. The molecule has 0 saturated carbocycles. The van der Waals surface area contributed by atoms with Crippen LogP contribution in [0.5, 0.6) is 5.88 Å². The summed E-state index contributed by atoms with van der Waals surface area (Å²) in [5, 5.41) is 11.5. The van der Waals surface area contributed by atoms with Crippen LogP contribution in [0.15, 0.2) is 18.3 Å². The molecule has 0 aromatic carbocycles. The lowest BCUT2D eigenvalue weighted by Gasteiger charge is -2.15. The molecule has 1 aromatic heterocycles. The summed E-state index contributed by atoms with van der Waals surface area (Å²) in [4.78, 5) is 15.8. The van der Waals surface area contributed by atoms with Crippen LogP contribution in [0.2, 0.25) is 0 Å². The van der Waals surface area contributed by atoms with E-state index in [0.29, 0.717) is 5.56 Å². The number of carbonyl (C=O) groups excluding carboxylic acids is 1. The Kier molecular flexibility index (Phi) is 4.46. The van der Waals surface area contributed by atoms with Crippen LogP contribution in [0.25, 0.3) is 0 Å². The van der Waals surface area contributed by atoms with Gasteiger partial charge in [0.25, 0.3) is 5.91 Å². The molecule has 1 atom stereocenters. The number of nitrogens with zero attached hydrogens (tertiary/aromatic N) is 2. The van der Waals surface area contributed by atoms with Crippen molar-refractivity contribution in [1.29, 1.82) is 5.26 Å². The Labute approximate surface area is 100 Å². The van der Waals surface area contributed by atoms with Crippen molar-refractivity contribution in [2.45, 2.75) is 19.9 Å². The maximum atomic E-state index is 11.9. The monoisotopic (exact) mass is 233 g/mol. The van der Waals surface area contributed by atoms with Gasteiger partial charge in [0, 0.05) is 6.20 Å². The van der Waals surface area contributed by atoms with Crippen LogP contribution >= 0.6 is 0 Å². The van der Waals surface area contributed by atoms with E-state index in [4.69, 9.17) is 10.00 Å². The van der Waals surface area contributed by atoms with E-state index >= 15 is 0 Å². The smallest absolute Gasteiger partial charge is 0.257 e. The van der Waals surface area contributed by atoms with Gasteiger partial charge < -0.3 is 10.1 Å². The van der Waals surface area contributed by atoms with Gasteiger partial charge in [0.15, 0.2) is 0 Å². The van der Waals surface area contributed by atoms with Crippen LogP contribution in [0.3, 0.4) is 0 Å². The summed E-state index contributed by atoms with van der Waals surface area (Å²) in [5.74, 6) is -0.0488. The van der Waals surface area contributed by atoms with E-state index < -0.39 is 6.04 Å². The van der Waals surface area contributed by atoms with E-state index in [1.54, 1.807) is 18.3 Å². The van der Waals surface area contributed by atoms with Crippen LogP contribution < -0.4 is 10.1 Å². The van der Waals surface area contributed by atoms with E-state index in [9.17, 15) is 4.79 Å². The van der Waals surface area contributed by atoms with Crippen LogP contribution in [0.1, 0.15) is 24.2 Å². The number of pyridine rings is 1. The predicted octanol–water partition coefficient (Wildman–Crippen LogP) is 1.37. The average molecular weight is 233 g/mol. The van der Waals surface area contributed by atoms with E-state index in [-0.39, 0.29) is 17.7 Å². The lowest BCUT2D eigenvalue weighted by Crippen LogP contribution is -2.37. The number of carbonyl (C=O) groups is 1. The summed E-state index contributed by atoms with van der Waals surface area (Å²) in [7, 11) is 1.45. The van der Waals surface area contributed by atoms with Crippen molar-refractivity contribution in [1.82, 2.24) is 10.3 Å². The lowest BCUT2D eigenvalue weighted by atomic mass is 10.1. The topological polar surface area (TPSA) is 75.0 Å². The molecule has 1 unspecified atom stereocenters. The van der Waals surface area contributed by atoms with Crippen molar-refractivity contribution >= 4 is 5.91 Å². The first kappa shape index (κ1) is 13.0. The SMILES string of the molecule is COc1ncccc1C(=O)NC(C#N)C(C)C. The largest absolute Gasteiger partial charge is 0.480 e. The number of ether oxygens (including phenoxy) is 1. The molecule has 1 N–H and O–H groups in total. The third-order valence-corrected chi connectivity index (χ3v) is 2.30. The molecule has 1 rings (SSSR count). The van der Waals surface area contributed by atoms with Crippen molar-refractivity contribution in [2.75, 3.05) is 7.11 Å². The molecule has 1 heterocycles. The number of nitriles is 1. The number of amides is 1. The van der Waals surface area contributed by atoms with Crippen molar-refractivity contribution in [3.63, 3.8) is 0 Å². The zero-order chi connectivity index (χ0) is 12.8. The van der Waals surface area contributed by atoms with E-state index in [2.05, 4.69) is 10.3 Å². The molecule has 0 aliphatic carbocycles. The van der Waals surface area contributed by atoms with Gasteiger partial charge in [0.05, 0.1) is 13.2 Å². The first-order valence-electron chi connectivity index (χ1n) is 5.29. The third kappa shape index (κ3) is 3.18. The Morgan fingerprint density at radius 3 is 2.82 bits per heavy atom. The highest BCUT2D eigenvalue weighted by molar-refractivity contribution is 5.96. The summed E-state index contributed by atoms with van der Waals surface area (Å²) < 4.78 is 4.99. The van der Waals surface area contributed by atoms with Gasteiger partial charge in [-0.15, -0.1) is 0 Å². The van der Waals surface area contributed by atoms with Crippen LogP contribution in [0.4, 0.5) is 0 Å². The predicted molar refractivity (Wildman–Crippen MR) is 62.5 cm³/mol. The van der Waals surface area contributed by atoms with Crippen molar-refractivity contribution < 1.29 is 9.53 Å². The van der Waals surface area contributed by atoms with Crippen LogP contribution in [-0.2, 0) is 0 Å². The maximum absolute atomic E-state index is 11.9. The number of nitrogens with one attached hydrogen (secondary N) is 1. The second kappa shape index (κ2) is 5.85. The highest BCUT2D eigenvalue weighted by Gasteiger charge is 2.19. The van der Waals surface area contributed by atoms with Gasteiger partial charge in [-0.3, -0.25) is 4.79 Å². The van der Waals surface area contributed by atoms with Gasteiger partial charge in [0.1, 0.15) is 11.6 Å². The number of aromatic nitrogens is 1. The second-order valence-electron chi connectivity index (χ2n) is 3.88. The van der Waals surface area contributed by atoms with Crippen molar-refractivity contribution in [2.24, 2.45) is 5.92 Å². The number of hydrogen-bond donors (Lipinski definition) is 1. The first-order valence-corrected chi connectivity index (χ1v) is 5.29. The van der Waals surface area contributed by atoms with E-state index in [1.807, 2.05) is 19.9 Å². The Hall–Kier alpha value is -2.09. The van der Waals surface area contributed by atoms with Crippen LogP contribution in [-0.4, -0.2) is 24.0 Å². The van der Waals surface area contributed by atoms with Gasteiger partial charge >= 0.3 is 0 Å². The molecule has 0 aliphatic heterocycles. The van der Waals surface area contributed by atoms with Crippen LogP contribution in [0, 0.1) is 17.2 Å². The molecule has 0 bridgehead atoms.